The number of nitrogens with zero attached hydrogens (tertiary/aromatic N) is 1. The molecule has 1 aliphatic rings. The van der Waals surface area contributed by atoms with E-state index in [2.05, 4.69) is 37.4 Å². The van der Waals surface area contributed by atoms with E-state index in [0.29, 0.717) is 12.1 Å². The van der Waals surface area contributed by atoms with E-state index in [1.54, 1.807) is 0 Å². The second kappa shape index (κ2) is 7.49. The molecule has 2 heterocycles. The van der Waals surface area contributed by atoms with Crippen LogP contribution in [0.15, 0.2) is 48.5 Å². The average molecular weight is 360 g/mol. The number of fused-ring (bicyclic) bond motifs is 1. The van der Waals surface area contributed by atoms with Gasteiger partial charge in [0, 0.05) is 24.1 Å². The zero-order valence-corrected chi connectivity index (χ0v) is 15.8. The van der Waals surface area contributed by atoms with E-state index < -0.39 is 0 Å². The number of rotatable bonds is 4. The predicted octanol–water partition coefficient (Wildman–Crippen LogP) is 4.43. The van der Waals surface area contributed by atoms with Crippen LogP contribution in [0.2, 0.25) is 0 Å². The van der Waals surface area contributed by atoms with Crippen molar-refractivity contribution < 1.29 is 9.53 Å². The number of hydrogen-bond donors (Lipinski definition) is 1. The highest BCUT2D eigenvalue weighted by atomic mass is 16.5. The summed E-state index contributed by atoms with van der Waals surface area (Å²) < 4.78 is 5.62. The minimum atomic E-state index is -0.0740. The van der Waals surface area contributed by atoms with Crippen molar-refractivity contribution >= 4 is 16.8 Å². The number of carbonyl (C=O) groups excluding carboxylic acids is 1. The zero-order chi connectivity index (χ0) is 18.8. The van der Waals surface area contributed by atoms with Gasteiger partial charge in [0.25, 0.3) is 5.91 Å². The number of aryl methyl sites for hydroxylation is 2. The molecule has 0 aliphatic carbocycles. The van der Waals surface area contributed by atoms with Gasteiger partial charge in [-0.05, 0) is 44.4 Å². The molecule has 4 heteroatoms. The summed E-state index contributed by atoms with van der Waals surface area (Å²) >= 11 is 0. The fraction of sp³-hybridized carbons (Fsp3) is 0.304. The van der Waals surface area contributed by atoms with E-state index in [1.807, 2.05) is 30.3 Å². The predicted molar refractivity (Wildman–Crippen MR) is 108 cm³/mol. The van der Waals surface area contributed by atoms with Gasteiger partial charge in [0.15, 0.2) is 0 Å². The van der Waals surface area contributed by atoms with Crippen LogP contribution in [0, 0.1) is 13.8 Å². The van der Waals surface area contributed by atoms with Crippen LogP contribution < -0.4 is 5.32 Å². The van der Waals surface area contributed by atoms with Crippen LogP contribution in [0.1, 0.15) is 34.3 Å². The van der Waals surface area contributed by atoms with E-state index in [9.17, 15) is 4.79 Å². The van der Waals surface area contributed by atoms with Crippen LogP contribution in [0.5, 0.6) is 0 Å². The lowest BCUT2D eigenvalue weighted by Crippen LogP contribution is -2.32. The standard InChI is InChI=1S/C23H24N2O2/c1-15-9-10-18(16(2)12-15)22-13-20(19-7-3-4-8-21(19)25-22)23(26)24-14-17-6-5-11-27-17/h3-4,7-10,12-13,17H,5-6,11,14H2,1-2H3,(H,24,26). The minimum Gasteiger partial charge on any atom is -0.376 e. The van der Waals surface area contributed by atoms with Crippen LogP contribution in [0.4, 0.5) is 0 Å². The van der Waals surface area contributed by atoms with Crippen molar-refractivity contribution in [2.45, 2.75) is 32.8 Å². The summed E-state index contributed by atoms with van der Waals surface area (Å²) in [5.74, 6) is -0.0740. The second-order valence-electron chi connectivity index (χ2n) is 7.24. The molecule has 0 radical (unpaired) electrons. The molecule has 1 saturated heterocycles. The van der Waals surface area contributed by atoms with Crippen LogP contribution in [0.25, 0.3) is 22.2 Å². The Balaban J connectivity index is 1.73. The fourth-order valence-electron chi connectivity index (χ4n) is 3.71. The Kier molecular flexibility index (Phi) is 4.90. The van der Waals surface area contributed by atoms with Gasteiger partial charge in [0.1, 0.15) is 0 Å². The molecule has 1 unspecified atom stereocenters. The molecular weight excluding hydrogens is 336 g/mol. The second-order valence-corrected chi connectivity index (χ2v) is 7.24. The number of ether oxygens (including phenoxy) is 1. The van der Waals surface area contributed by atoms with E-state index in [4.69, 9.17) is 9.72 Å². The molecule has 138 valence electrons. The maximum atomic E-state index is 12.9. The molecule has 1 aliphatic heterocycles. The van der Waals surface area contributed by atoms with E-state index >= 15 is 0 Å². The third-order valence-corrected chi connectivity index (χ3v) is 5.13. The van der Waals surface area contributed by atoms with Crippen LogP contribution in [0.3, 0.4) is 0 Å². The van der Waals surface area contributed by atoms with Gasteiger partial charge >= 0.3 is 0 Å². The summed E-state index contributed by atoms with van der Waals surface area (Å²) in [7, 11) is 0. The molecule has 1 fully saturated rings. The van der Waals surface area contributed by atoms with Crippen molar-refractivity contribution in [3.63, 3.8) is 0 Å². The number of para-hydroxylation sites is 1. The Morgan fingerprint density at radius 2 is 2.04 bits per heavy atom. The zero-order valence-electron chi connectivity index (χ0n) is 15.8. The van der Waals surface area contributed by atoms with Crippen LogP contribution in [-0.4, -0.2) is 30.1 Å². The van der Waals surface area contributed by atoms with Crippen LogP contribution >= 0.6 is 0 Å². The molecule has 2 aromatic carbocycles. The third-order valence-electron chi connectivity index (χ3n) is 5.13. The van der Waals surface area contributed by atoms with Crippen molar-refractivity contribution in [3.8, 4) is 11.3 Å². The van der Waals surface area contributed by atoms with E-state index in [-0.39, 0.29) is 12.0 Å². The normalized spacial score (nSPS) is 16.6. The molecule has 4 nitrogen and oxygen atoms in total. The van der Waals surface area contributed by atoms with Gasteiger partial charge in [-0.3, -0.25) is 4.79 Å². The Bertz CT molecular complexity index is 991. The van der Waals surface area contributed by atoms with Crippen molar-refractivity contribution in [1.29, 1.82) is 0 Å². The largest absolute Gasteiger partial charge is 0.376 e. The van der Waals surface area contributed by atoms with Crippen molar-refractivity contribution in [2.24, 2.45) is 0 Å². The number of nitrogens with one attached hydrogen (secondary N) is 1. The first-order valence-electron chi connectivity index (χ1n) is 9.49. The topological polar surface area (TPSA) is 51.2 Å². The van der Waals surface area contributed by atoms with E-state index in [0.717, 1.165) is 47.2 Å². The van der Waals surface area contributed by atoms with Crippen LogP contribution in [-0.2, 0) is 4.74 Å². The monoisotopic (exact) mass is 360 g/mol. The Morgan fingerprint density at radius 1 is 1.19 bits per heavy atom. The molecule has 1 N–H and O–H groups in total. The van der Waals surface area contributed by atoms with E-state index in [1.165, 1.54) is 5.56 Å². The van der Waals surface area contributed by atoms with Gasteiger partial charge in [-0.1, -0.05) is 42.0 Å². The third kappa shape index (κ3) is 3.71. The smallest absolute Gasteiger partial charge is 0.252 e. The Hall–Kier alpha value is -2.72. The molecule has 4 rings (SSSR count). The average Bonchev–Trinajstić information content (AvgIpc) is 3.19. The molecule has 27 heavy (non-hydrogen) atoms. The van der Waals surface area contributed by atoms with Gasteiger partial charge in [0.05, 0.1) is 22.9 Å². The number of carbonyl (C=O) groups is 1. The number of amides is 1. The van der Waals surface area contributed by atoms with Crippen molar-refractivity contribution in [3.05, 3.63) is 65.2 Å². The summed E-state index contributed by atoms with van der Waals surface area (Å²) in [5.41, 5.74) is 5.74. The first-order valence-corrected chi connectivity index (χ1v) is 9.49. The van der Waals surface area contributed by atoms with Crippen molar-refractivity contribution in [1.82, 2.24) is 10.3 Å². The minimum absolute atomic E-state index is 0.0740. The van der Waals surface area contributed by atoms with Gasteiger partial charge in [-0.2, -0.15) is 0 Å². The molecule has 1 atom stereocenters. The molecule has 1 amide bonds. The first-order chi connectivity index (χ1) is 13.1. The highest BCUT2D eigenvalue weighted by molar-refractivity contribution is 6.07. The lowest BCUT2D eigenvalue weighted by molar-refractivity contribution is 0.0859. The van der Waals surface area contributed by atoms with Gasteiger partial charge in [-0.25, -0.2) is 4.98 Å². The molecule has 3 aromatic rings. The highest BCUT2D eigenvalue weighted by Gasteiger charge is 2.19. The number of benzene rings is 2. The summed E-state index contributed by atoms with van der Waals surface area (Å²) in [5, 5.41) is 3.91. The number of hydrogen-bond acceptors (Lipinski definition) is 3. The SMILES string of the molecule is Cc1ccc(-c2cc(C(=O)NCC3CCCO3)c3ccccc3n2)c(C)c1. The fourth-order valence-corrected chi connectivity index (χ4v) is 3.71. The molecule has 1 aromatic heterocycles. The summed E-state index contributed by atoms with van der Waals surface area (Å²) in [6.07, 6.45) is 2.20. The summed E-state index contributed by atoms with van der Waals surface area (Å²) in [6, 6.07) is 16.0. The quantitative estimate of drug-likeness (QED) is 0.749. The van der Waals surface area contributed by atoms with Gasteiger partial charge in [-0.15, -0.1) is 0 Å². The maximum absolute atomic E-state index is 12.9. The molecular formula is C23H24N2O2. The van der Waals surface area contributed by atoms with Crippen molar-refractivity contribution in [2.75, 3.05) is 13.2 Å². The maximum Gasteiger partial charge on any atom is 0.252 e. The lowest BCUT2D eigenvalue weighted by Gasteiger charge is -2.14. The first kappa shape index (κ1) is 17.7. The number of aromatic nitrogens is 1. The Labute approximate surface area is 159 Å². The summed E-state index contributed by atoms with van der Waals surface area (Å²) in [6.45, 7) is 5.49. The molecule has 0 spiro atoms. The van der Waals surface area contributed by atoms with Gasteiger partial charge in [0.2, 0.25) is 0 Å². The summed E-state index contributed by atoms with van der Waals surface area (Å²) in [4.78, 5) is 17.8. The Morgan fingerprint density at radius 3 is 2.81 bits per heavy atom. The molecule has 0 bridgehead atoms. The highest BCUT2D eigenvalue weighted by Crippen LogP contribution is 2.27. The molecule has 0 saturated carbocycles. The van der Waals surface area contributed by atoms with Gasteiger partial charge < -0.3 is 10.1 Å². The number of pyridine rings is 1. The lowest BCUT2D eigenvalue weighted by atomic mass is 9.99.